The molecule has 130 valence electrons. The zero-order chi connectivity index (χ0) is 16.9. The number of ether oxygens (including phenoxy) is 1. The van der Waals surface area contributed by atoms with E-state index in [1.807, 2.05) is 4.90 Å². The van der Waals surface area contributed by atoms with E-state index in [9.17, 15) is 4.79 Å². The van der Waals surface area contributed by atoms with E-state index < -0.39 is 0 Å². The Morgan fingerprint density at radius 1 is 1.43 bits per heavy atom. The quantitative estimate of drug-likeness (QED) is 0.826. The van der Waals surface area contributed by atoms with E-state index in [0.29, 0.717) is 11.7 Å². The van der Waals surface area contributed by atoms with E-state index >= 15 is 0 Å². The van der Waals surface area contributed by atoms with E-state index in [1.165, 1.54) is 4.90 Å². The maximum absolute atomic E-state index is 12.7. The number of quaternary nitrogens is 1. The Kier molecular flexibility index (Phi) is 6.25. The molecular weight excluding hydrogens is 292 g/mol. The molecule has 5 nitrogen and oxygen atoms in total. The second-order valence-electron chi connectivity index (χ2n) is 7.51. The molecule has 2 rings (SSSR count). The van der Waals surface area contributed by atoms with Crippen LogP contribution in [0.5, 0.6) is 0 Å². The van der Waals surface area contributed by atoms with Crippen molar-refractivity contribution in [3.63, 3.8) is 0 Å². The minimum atomic E-state index is -0.0872. The van der Waals surface area contributed by atoms with Crippen LogP contribution in [0.25, 0.3) is 0 Å². The highest BCUT2D eigenvalue weighted by atomic mass is 16.5. The van der Waals surface area contributed by atoms with Gasteiger partial charge in [0.1, 0.15) is 0 Å². The van der Waals surface area contributed by atoms with Gasteiger partial charge in [-0.3, -0.25) is 4.79 Å². The molecule has 0 radical (unpaired) electrons. The van der Waals surface area contributed by atoms with Crippen LogP contribution in [-0.2, 0) is 4.74 Å². The Morgan fingerprint density at radius 3 is 2.83 bits per heavy atom. The molecule has 5 heteroatoms. The summed E-state index contributed by atoms with van der Waals surface area (Å²) in [6.07, 6.45) is 4.58. The zero-order valence-corrected chi connectivity index (χ0v) is 14.9. The first-order chi connectivity index (χ1) is 10.9. The van der Waals surface area contributed by atoms with Crippen molar-refractivity contribution in [2.24, 2.45) is 5.92 Å². The van der Waals surface area contributed by atoms with Crippen molar-refractivity contribution in [2.75, 3.05) is 40.3 Å². The minimum absolute atomic E-state index is 0.00746. The molecular formula is C18H31N2O3+. The van der Waals surface area contributed by atoms with Crippen molar-refractivity contribution >= 4 is 5.91 Å². The summed E-state index contributed by atoms with van der Waals surface area (Å²) in [4.78, 5) is 16.1. The summed E-state index contributed by atoms with van der Waals surface area (Å²) in [5, 5.41) is 0. The number of amides is 1. The molecule has 1 saturated heterocycles. The second kappa shape index (κ2) is 7.97. The standard InChI is InChI=1S/C18H30N2O3/c1-18(2)13-15(8-12-23-18)14-20(10-6-9-19(3)4)17(21)16-7-5-11-22-16/h5,7,11,15H,6,8-10,12-14H2,1-4H3/p+1/t15-/m0/s1. The number of rotatable bonds is 7. The molecule has 1 aromatic heterocycles. The normalized spacial score (nSPS) is 20.7. The SMILES string of the molecule is C[NH+](C)CCCN(C[C@H]1CCOC(C)(C)C1)C(=O)c1ccco1. The summed E-state index contributed by atoms with van der Waals surface area (Å²) in [7, 11) is 4.28. The van der Waals surface area contributed by atoms with E-state index in [4.69, 9.17) is 9.15 Å². The third kappa shape index (κ3) is 5.66. The van der Waals surface area contributed by atoms with Gasteiger partial charge in [0.2, 0.25) is 0 Å². The summed E-state index contributed by atoms with van der Waals surface area (Å²) in [5.41, 5.74) is -0.0872. The summed E-state index contributed by atoms with van der Waals surface area (Å²) < 4.78 is 11.1. The van der Waals surface area contributed by atoms with Crippen molar-refractivity contribution in [3.05, 3.63) is 24.2 Å². The number of nitrogens with zero attached hydrogens (tertiary/aromatic N) is 1. The Balaban J connectivity index is 1.99. The lowest BCUT2D eigenvalue weighted by Gasteiger charge is -2.37. The van der Waals surface area contributed by atoms with E-state index in [1.54, 1.807) is 18.4 Å². The first-order valence-corrected chi connectivity index (χ1v) is 8.63. The summed E-state index contributed by atoms with van der Waals surface area (Å²) in [6.45, 7) is 7.67. The Labute approximate surface area is 139 Å². The van der Waals surface area contributed by atoms with Gasteiger partial charge in [-0.2, -0.15) is 0 Å². The number of hydrogen-bond donors (Lipinski definition) is 1. The highest BCUT2D eigenvalue weighted by molar-refractivity contribution is 5.91. The van der Waals surface area contributed by atoms with Gasteiger partial charge in [0.15, 0.2) is 5.76 Å². The lowest BCUT2D eigenvalue weighted by molar-refractivity contribution is -0.858. The fraction of sp³-hybridized carbons (Fsp3) is 0.722. The molecule has 0 bridgehead atoms. The van der Waals surface area contributed by atoms with Gasteiger partial charge in [-0.15, -0.1) is 0 Å². The molecule has 1 N–H and O–H groups in total. The molecule has 1 amide bonds. The molecule has 1 atom stereocenters. The molecule has 1 aromatic rings. The van der Waals surface area contributed by atoms with Crippen molar-refractivity contribution in [1.82, 2.24) is 4.90 Å². The van der Waals surface area contributed by atoms with Crippen LogP contribution < -0.4 is 4.90 Å². The smallest absolute Gasteiger partial charge is 0.289 e. The molecule has 0 aliphatic carbocycles. The molecule has 1 aliphatic heterocycles. The van der Waals surface area contributed by atoms with Gasteiger partial charge in [-0.1, -0.05) is 0 Å². The molecule has 1 fully saturated rings. The lowest BCUT2D eigenvalue weighted by atomic mass is 9.88. The topological polar surface area (TPSA) is 47.1 Å². The molecule has 1 aliphatic rings. The molecule has 0 spiro atoms. The molecule has 0 saturated carbocycles. The summed E-state index contributed by atoms with van der Waals surface area (Å²) in [6, 6.07) is 3.52. The number of nitrogens with one attached hydrogen (secondary N) is 1. The zero-order valence-electron chi connectivity index (χ0n) is 14.9. The van der Waals surface area contributed by atoms with E-state index in [-0.39, 0.29) is 11.5 Å². The highest BCUT2D eigenvalue weighted by Gasteiger charge is 2.31. The van der Waals surface area contributed by atoms with Crippen molar-refractivity contribution in [1.29, 1.82) is 0 Å². The van der Waals surface area contributed by atoms with Crippen molar-refractivity contribution < 1.29 is 18.8 Å². The summed E-state index contributed by atoms with van der Waals surface area (Å²) >= 11 is 0. The molecule has 0 unspecified atom stereocenters. The minimum Gasteiger partial charge on any atom is -0.459 e. The maximum atomic E-state index is 12.7. The van der Waals surface area contributed by atoms with Crippen molar-refractivity contribution in [2.45, 2.75) is 38.7 Å². The Hall–Kier alpha value is -1.33. The Bertz CT molecular complexity index is 482. The number of carbonyl (C=O) groups excluding carboxylic acids is 1. The Morgan fingerprint density at radius 2 is 2.22 bits per heavy atom. The average molecular weight is 323 g/mol. The largest absolute Gasteiger partial charge is 0.459 e. The van der Waals surface area contributed by atoms with Gasteiger partial charge in [-0.05, 0) is 44.7 Å². The van der Waals surface area contributed by atoms with Gasteiger partial charge in [-0.25, -0.2) is 0 Å². The van der Waals surface area contributed by atoms with Crippen LogP contribution in [0.15, 0.2) is 22.8 Å². The van der Waals surface area contributed by atoms with Crippen LogP contribution in [0.1, 0.15) is 43.7 Å². The predicted molar refractivity (Wildman–Crippen MR) is 89.7 cm³/mol. The fourth-order valence-electron chi connectivity index (χ4n) is 3.28. The van der Waals surface area contributed by atoms with Crippen LogP contribution in [0.2, 0.25) is 0 Å². The average Bonchev–Trinajstić information content (AvgIpc) is 2.98. The van der Waals surface area contributed by atoms with Crippen LogP contribution in [0.4, 0.5) is 0 Å². The van der Waals surface area contributed by atoms with Gasteiger partial charge >= 0.3 is 0 Å². The van der Waals surface area contributed by atoms with E-state index in [2.05, 4.69) is 27.9 Å². The number of furan rings is 1. The fourth-order valence-corrected chi connectivity index (χ4v) is 3.28. The van der Waals surface area contributed by atoms with Crippen molar-refractivity contribution in [3.8, 4) is 0 Å². The first kappa shape index (κ1) is 18.0. The number of carbonyl (C=O) groups is 1. The third-order valence-corrected chi connectivity index (χ3v) is 4.40. The maximum Gasteiger partial charge on any atom is 0.289 e. The second-order valence-corrected chi connectivity index (χ2v) is 7.51. The van der Waals surface area contributed by atoms with Crippen LogP contribution in [0.3, 0.4) is 0 Å². The highest BCUT2D eigenvalue weighted by Crippen LogP contribution is 2.29. The van der Waals surface area contributed by atoms with Gasteiger partial charge in [0.05, 0.1) is 32.5 Å². The summed E-state index contributed by atoms with van der Waals surface area (Å²) in [5.74, 6) is 0.936. The third-order valence-electron chi connectivity index (χ3n) is 4.40. The first-order valence-electron chi connectivity index (χ1n) is 8.63. The van der Waals surface area contributed by atoms with Crippen LogP contribution in [0, 0.1) is 5.92 Å². The predicted octanol–water partition coefficient (Wildman–Crippen LogP) is 1.46. The molecule has 2 heterocycles. The van der Waals surface area contributed by atoms with Crippen LogP contribution in [-0.4, -0.2) is 56.7 Å². The van der Waals surface area contributed by atoms with Gasteiger partial charge in [0.25, 0.3) is 5.91 Å². The molecule has 0 aromatic carbocycles. The van der Waals surface area contributed by atoms with Gasteiger partial charge < -0.3 is 19.0 Å². The van der Waals surface area contributed by atoms with Crippen LogP contribution >= 0.6 is 0 Å². The molecule has 23 heavy (non-hydrogen) atoms. The number of hydrogen-bond acceptors (Lipinski definition) is 3. The van der Waals surface area contributed by atoms with Gasteiger partial charge in [0, 0.05) is 26.1 Å². The van der Waals surface area contributed by atoms with E-state index in [0.717, 1.165) is 45.5 Å². The lowest BCUT2D eigenvalue weighted by Crippen LogP contribution is -3.05. The monoisotopic (exact) mass is 323 g/mol.